The first kappa shape index (κ1) is 20.0. The van der Waals surface area contributed by atoms with Gasteiger partial charge in [0.2, 0.25) is 0 Å². The second-order valence-corrected chi connectivity index (χ2v) is 7.75. The van der Waals surface area contributed by atoms with E-state index in [0.717, 1.165) is 6.07 Å². The third kappa shape index (κ3) is 6.19. The average molecular weight is 360 g/mol. The number of nitrogens with one attached hydrogen (secondary N) is 1. The molecule has 0 saturated carbocycles. The van der Waals surface area contributed by atoms with Gasteiger partial charge in [0, 0.05) is 12.1 Å². The van der Waals surface area contributed by atoms with Gasteiger partial charge in [-0.1, -0.05) is 6.07 Å². The van der Waals surface area contributed by atoms with Gasteiger partial charge in [0.15, 0.2) is 0 Å². The fourth-order valence-corrected chi connectivity index (χ4v) is 2.55. The summed E-state index contributed by atoms with van der Waals surface area (Å²) in [6, 6.07) is 2.47. The first-order chi connectivity index (χ1) is 10.8. The summed E-state index contributed by atoms with van der Waals surface area (Å²) >= 11 is 0. The van der Waals surface area contributed by atoms with Gasteiger partial charge in [0.1, 0.15) is 11.6 Å². The first-order valence-corrected chi connectivity index (χ1v) is 8.57. The second kappa shape index (κ2) is 7.21. The topological polar surface area (TPSA) is 159 Å². The number of carboxylic acids is 1. The number of alkyl carbamates (subject to hydrolysis) is 1. The van der Waals surface area contributed by atoms with Crippen molar-refractivity contribution in [1.82, 2.24) is 5.32 Å². The van der Waals surface area contributed by atoms with Crippen molar-refractivity contribution >= 4 is 30.7 Å². The molecule has 0 bridgehead atoms. The molecule has 1 amide bonds. The molecule has 10 heteroatoms. The molecule has 0 fully saturated rings. The van der Waals surface area contributed by atoms with E-state index in [1.165, 1.54) is 12.1 Å². The van der Waals surface area contributed by atoms with E-state index in [4.69, 9.17) is 20.3 Å². The van der Waals surface area contributed by atoms with Gasteiger partial charge in [-0.2, -0.15) is 0 Å². The molecular weight excluding hydrogens is 339 g/mol. The predicted octanol–water partition coefficient (Wildman–Crippen LogP) is 0.592. The van der Waals surface area contributed by atoms with Gasteiger partial charge in [-0.25, -0.2) is 9.59 Å². The molecule has 24 heavy (non-hydrogen) atoms. The minimum atomic E-state index is -4.51. The Morgan fingerprint density at radius 3 is 2.33 bits per heavy atom. The Morgan fingerprint density at radius 2 is 1.92 bits per heavy atom. The Morgan fingerprint density at radius 1 is 1.33 bits per heavy atom. The van der Waals surface area contributed by atoms with E-state index in [0.29, 0.717) is 5.56 Å². The zero-order valence-electron chi connectivity index (χ0n) is 13.5. The van der Waals surface area contributed by atoms with Gasteiger partial charge in [-0.3, -0.25) is 4.57 Å². The number of anilines is 1. The molecule has 0 aliphatic rings. The summed E-state index contributed by atoms with van der Waals surface area (Å²) in [6.07, 6.45) is -1.00. The van der Waals surface area contributed by atoms with Crippen LogP contribution < -0.4 is 16.4 Å². The SMILES string of the molecule is CC(C)(C)OC(=O)NC(Cc1ccc(P(=O)(O)O)c(N)c1)C(=O)O. The molecule has 0 heterocycles. The largest absolute Gasteiger partial charge is 0.480 e. The maximum Gasteiger partial charge on any atom is 0.408 e. The summed E-state index contributed by atoms with van der Waals surface area (Å²) in [7, 11) is -4.51. The van der Waals surface area contributed by atoms with Gasteiger partial charge in [0.25, 0.3) is 0 Å². The molecule has 1 aromatic carbocycles. The molecule has 0 aromatic heterocycles. The number of benzene rings is 1. The van der Waals surface area contributed by atoms with Gasteiger partial charge in [0.05, 0.1) is 5.30 Å². The first-order valence-electron chi connectivity index (χ1n) is 6.96. The summed E-state index contributed by atoms with van der Waals surface area (Å²) in [5.74, 6) is -1.28. The zero-order chi connectivity index (χ0) is 18.7. The van der Waals surface area contributed by atoms with Gasteiger partial charge in [-0.15, -0.1) is 0 Å². The molecule has 1 aromatic rings. The number of rotatable bonds is 5. The minimum absolute atomic E-state index is 0.125. The lowest BCUT2D eigenvalue weighted by molar-refractivity contribution is -0.139. The number of aliphatic carboxylic acids is 1. The second-order valence-electron chi connectivity index (χ2n) is 6.18. The van der Waals surface area contributed by atoms with Gasteiger partial charge in [-0.05, 0) is 38.5 Å². The third-order valence-electron chi connectivity index (χ3n) is 2.83. The molecule has 0 spiro atoms. The molecule has 134 valence electrons. The Kier molecular flexibility index (Phi) is 5.99. The van der Waals surface area contributed by atoms with Crippen molar-refractivity contribution in [2.45, 2.75) is 38.8 Å². The highest BCUT2D eigenvalue weighted by molar-refractivity contribution is 7.60. The van der Waals surface area contributed by atoms with Crippen molar-refractivity contribution < 1.29 is 33.8 Å². The number of amides is 1. The zero-order valence-corrected chi connectivity index (χ0v) is 14.4. The fraction of sp³-hybridized carbons (Fsp3) is 0.429. The number of hydrogen-bond donors (Lipinski definition) is 5. The number of carbonyl (C=O) groups excluding carboxylic acids is 1. The molecule has 1 atom stereocenters. The van der Waals surface area contributed by atoms with Crippen LogP contribution in [0.15, 0.2) is 18.2 Å². The lowest BCUT2D eigenvalue weighted by atomic mass is 10.1. The maximum absolute atomic E-state index is 11.7. The van der Waals surface area contributed by atoms with E-state index in [-0.39, 0.29) is 17.4 Å². The number of carboxylic acid groups (broad SMARTS) is 1. The summed E-state index contributed by atoms with van der Waals surface area (Å²) in [4.78, 5) is 41.2. The summed E-state index contributed by atoms with van der Waals surface area (Å²) in [5, 5.41) is 11.1. The molecule has 6 N–H and O–H groups in total. The van der Waals surface area contributed by atoms with Crippen LogP contribution in [0.1, 0.15) is 26.3 Å². The van der Waals surface area contributed by atoms with Crippen LogP contribution >= 0.6 is 7.60 Å². The van der Waals surface area contributed by atoms with E-state index in [2.05, 4.69) is 5.32 Å². The molecule has 0 aliphatic heterocycles. The number of nitrogens with two attached hydrogens (primary N) is 1. The number of ether oxygens (including phenoxy) is 1. The highest BCUT2D eigenvalue weighted by atomic mass is 31.2. The van der Waals surface area contributed by atoms with Crippen LogP contribution in [0.3, 0.4) is 0 Å². The molecule has 0 saturated heterocycles. The Hall–Kier alpha value is -2.09. The molecule has 1 rings (SSSR count). The molecule has 9 nitrogen and oxygen atoms in total. The van der Waals surface area contributed by atoms with Gasteiger partial charge < -0.3 is 30.7 Å². The third-order valence-corrected chi connectivity index (χ3v) is 3.87. The maximum atomic E-state index is 11.7. The lowest BCUT2D eigenvalue weighted by Gasteiger charge is -2.22. The van der Waals surface area contributed by atoms with Crippen molar-refractivity contribution in [3.05, 3.63) is 23.8 Å². The van der Waals surface area contributed by atoms with E-state index in [1.54, 1.807) is 20.8 Å². The quantitative estimate of drug-likeness (QED) is 0.377. The average Bonchev–Trinajstić information content (AvgIpc) is 2.33. The Labute approximate surface area is 139 Å². The van der Waals surface area contributed by atoms with Crippen molar-refractivity contribution in [1.29, 1.82) is 0 Å². The van der Waals surface area contributed by atoms with Crippen LogP contribution in [-0.2, 0) is 20.5 Å². The lowest BCUT2D eigenvalue weighted by Crippen LogP contribution is -2.44. The number of hydrogen-bond acceptors (Lipinski definition) is 5. The smallest absolute Gasteiger partial charge is 0.408 e. The van der Waals surface area contributed by atoms with Crippen molar-refractivity contribution in [3.63, 3.8) is 0 Å². The van der Waals surface area contributed by atoms with Crippen molar-refractivity contribution in [2.24, 2.45) is 0 Å². The summed E-state index contributed by atoms with van der Waals surface area (Å²) in [5.41, 5.74) is 5.06. The highest BCUT2D eigenvalue weighted by Gasteiger charge is 2.25. The number of carbonyl (C=O) groups is 2. The van der Waals surface area contributed by atoms with Crippen molar-refractivity contribution in [3.8, 4) is 0 Å². The predicted molar refractivity (Wildman–Crippen MR) is 87.0 cm³/mol. The number of nitrogen functional groups attached to an aromatic ring is 1. The van der Waals surface area contributed by atoms with E-state index in [9.17, 15) is 19.3 Å². The molecule has 1 unspecified atom stereocenters. The van der Waals surface area contributed by atoms with E-state index < -0.39 is 31.3 Å². The molecule has 0 aliphatic carbocycles. The Balaban J connectivity index is 2.90. The van der Waals surface area contributed by atoms with Crippen LogP contribution in [0.25, 0.3) is 0 Å². The monoisotopic (exact) mass is 360 g/mol. The van der Waals surface area contributed by atoms with Crippen molar-refractivity contribution in [2.75, 3.05) is 5.73 Å². The van der Waals surface area contributed by atoms with Crippen LogP contribution in [0.5, 0.6) is 0 Å². The molecule has 0 radical (unpaired) electrons. The summed E-state index contributed by atoms with van der Waals surface area (Å²) < 4.78 is 16.2. The van der Waals surface area contributed by atoms with Crippen LogP contribution in [0.4, 0.5) is 10.5 Å². The van der Waals surface area contributed by atoms with Crippen LogP contribution in [0.2, 0.25) is 0 Å². The van der Waals surface area contributed by atoms with E-state index in [1.807, 2.05) is 0 Å². The highest BCUT2D eigenvalue weighted by Crippen LogP contribution is 2.35. The minimum Gasteiger partial charge on any atom is -0.480 e. The standard InChI is InChI=1S/C14H21N2O7P/c1-14(2,3)23-13(19)16-10(12(17)18)7-8-4-5-11(9(15)6-8)24(20,21)22/h4-6,10H,7,15H2,1-3H3,(H,16,19)(H,17,18)(H2,20,21,22). The summed E-state index contributed by atoms with van der Waals surface area (Å²) in [6.45, 7) is 4.93. The van der Waals surface area contributed by atoms with Gasteiger partial charge >= 0.3 is 19.7 Å². The van der Waals surface area contributed by atoms with Crippen LogP contribution in [0, 0.1) is 0 Å². The van der Waals surface area contributed by atoms with E-state index >= 15 is 0 Å². The fourth-order valence-electron chi connectivity index (χ4n) is 1.88. The van der Waals surface area contributed by atoms with Crippen LogP contribution in [-0.4, -0.2) is 38.6 Å². The normalized spacial score (nSPS) is 13.2. The Bertz CT molecular complexity index is 678. The molecular formula is C14H21N2O7P.